The molecule has 2 fully saturated rings. The van der Waals surface area contributed by atoms with Crippen molar-refractivity contribution in [3.8, 4) is 0 Å². The molecule has 0 aromatic carbocycles. The standard InChI is InChI=1S/C17H25N3O3/c1-14(2)19-7-9-22-13-17(11-19)12-20(8-10-23-17)16(21)15-3-5-18-6-4-15/h3-6,14H,7-13H2,1-2H3/t17-/m0/s1. The van der Waals surface area contributed by atoms with Crippen LogP contribution in [0, 0.1) is 0 Å². The lowest BCUT2D eigenvalue weighted by molar-refractivity contribution is -0.134. The van der Waals surface area contributed by atoms with Crippen LogP contribution >= 0.6 is 0 Å². The smallest absolute Gasteiger partial charge is 0.254 e. The third kappa shape index (κ3) is 3.71. The van der Waals surface area contributed by atoms with E-state index in [1.807, 2.05) is 4.90 Å². The third-order valence-electron chi connectivity index (χ3n) is 4.57. The predicted molar refractivity (Wildman–Crippen MR) is 86.4 cm³/mol. The Hall–Kier alpha value is -1.50. The quantitative estimate of drug-likeness (QED) is 0.815. The first-order chi connectivity index (χ1) is 11.1. The summed E-state index contributed by atoms with van der Waals surface area (Å²) in [5.41, 5.74) is 0.245. The molecule has 2 aliphatic rings. The van der Waals surface area contributed by atoms with E-state index in [1.165, 1.54) is 0 Å². The molecule has 1 aromatic heterocycles. The van der Waals surface area contributed by atoms with Crippen LogP contribution in [0.3, 0.4) is 0 Å². The van der Waals surface area contributed by atoms with E-state index < -0.39 is 5.60 Å². The third-order valence-corrected chi connectivity index (χ3v) is 4.57. The zero-order valence-corrected chi connectivity index (χ0v) is 13.9. The number of aromatic nitrogens is 1. The minimum atomic E-state index is -0.429. The van der Waals surface area contributed by atoms with Crippen molar-refractivity contribution in [1.82, 2.24) is 14.8 Å². The van der Waals surface area contributed by atoms with Gasteiger partial charge < -0.3 is 14.4 Å². The monoisotopic (exact) mass is 319 g/mol. The molecule has 6 nitrogen and oxygen atoms in total. The predicted octanol–water partition coefficient (Wildman–Crippen LogP) is 1.03. The summed E-state index contributed by atoms with van der Waals surface area (Å²) >= 11 is 0. The molecule has 126 valence electrons. The van der Waals surface area contributed by atoms with Gasteiger partial charge in [0.1, 0.15) is 5.60 Å². The summed E-state index contributed by atoms with van der Waals surface area (Å²) in [5, 5.41) is 0. The molecule has 0 radical (unpaired) electrons. The number of hydrogen-bond acceptors (Lipinski definition) is 5. The summed E-state index contributed by atoms with van der Waals surface area (Å²) in [7, 11) is 0. The van der Waals surface area contributed by atoms with Crippen molar-refractivity contribution < 1.29 is 14.3 Å². The Morgan fingerprint density at radius 1 is 1.22 bits per heavy atom. The van der Waals surface area contributed by atoms with Gasteiger partial charge in [-0.3, -0.25) is 14.7 Å². The van der Waals surface area contributed by atoms with Crippen LogP contribution in [0.4, 0.5) is 0 Å². The highest BCUT2D eigenvalue weighted by atomic mass is 16.5. The van der Waals surface area contributed by atoms with Crippen molar-refractivity contribution >= 4 is 5.91 Å². The molecular weight excluding hydrogens is 294 g/mol. The number of nitrogens with zero attached hydrogens (tertiary/aromatic N) is 3. The summed E-state index contributed by atoms with van der Waals surface area (Å²) < 4.78 is 11.9. The Kier molecular flexibility index (Phi) is 4.94. The van der Waals surface area contributed by atoms with Crippen LogP contribution in [0.5, 0.6) is 0 Å². The molecule has 3 rings (SSSR count). The topological polar surface area (TPSA) is 54.9 Å². The van der Waals surface area contributed by atoms with Gasteiger partial charge in [0.2, 0.25) is 0 Å². The molecule has 6 heteroatoms. The van der Waals surface area contributed by atoms with Gasteiger partial charge in [0.25, 0.3) is 5.91 Å². The lowest BCUT2D eigenvalue weighted by Gasteiger charge is -2.44. The zero-order valence-electron chi connectivity index (χ0n) is 13.9. The second-order valence-electron chi connectivity index (χ2n) is 6.61. The summed E-state index contributed by atoms with van der Waals surface area (Å²) in [6.45, 7) is 9.04. The molecule has 1 atom stereocenters. The van der Waals surface area contributed by atoms with Gasteiger partial charge >= 0.3 is 0 Å². The number of hydrogen-bond donors (Lipinski definition) is 0. The van der Waals surface area contributed by atoms with E-state index in [-0.39, 0.29) is 5.91 Å². The molecular formula is C17H25N3O3. The summed E-state index contributed by atoms with van der Waals surface area (Å²) in [6, 6.07) is 3.95. The normalized spacial score (nSPS) is 26.5. The lowest BCUT2D eigenvalue weighted by Crippen LogP contribution is -2.60. The van der Waals surface area contributed by atoms with Crippen LogP contribution < -0.4 is 0 Å². The first kappa shape index (κ1) is 16.4. The molecule has 23 heavy (non-hydrogen) atoms. The van der Waals surface area contributed by atoms with Gasteiger partial charge in [-0.2, -0.15) is 0 Å². The number of ether oxygens (including phenoxy) is 2. The van der Waals surface area contributed by atoms with Crippen molar-refractivity contribution in [2.24, 2.45) is 0 Å². The van der Waals surface area contributed by atoms with E-state index in [0.29, 0.717) is 44.5 Å². The number of amides is 1. The highest BCUT2D eigenvalue weighted by Gasteiger charge is 2.42. The van der Waals surface area contributed by atoms with Crippen molar-refractivity contribution in [1.29, 1.82) is 0 Å². The fourth-order valence-electron chi connectivity index (χ4n) is 3.25. The fraction of sp³-hybridized carbons (Fsp3) is 0.647. The van der Waals surface area contributed by atoms with Crippen molar-refractivity contribution in [3.05, 3.63) is 30.1 Å². The fourth-order valence-corrected chi connectivity index (χ4v) is 3.25. The van der Waals surface area contributed by atoms with Crippen LogP contribution in [0.25, 0.3) is 0 Å². The molecule has 0 bridgehead atoms. The number of rotatable bonds is 2. The van der Waals surface area contributed by atoms with Crippen LogP contribution in [0.1, 0.15) is 24.2 Å². The first-order valence-electron chi connectivity index (χ1n) is 8.25. The molecule has 1 amide bonds. The summed E-state index contributed by atoms with van der Waals surface area (Å²) in [4.78, 5) is 20.9. The maximum absolute atomic E-state index is 12.7. The van der Waals surface area contributed by atoms with Crippen LogP contribution in [-0.4, -0.2) is 78.3 Å². The summed E-state index contributed by atoms with van der Waals surface area (Å²) in [5.74, 6) is 0.0374. The Bertz CT molecular complexity index is 537. The van der Waals surface area contributed by atoms with Gasteiger partial charge in [0.05, 0.1) is 26.4 Å². The molecule has 2 aliphatic heterocycles. The average Bonchev–Trinajstić information content (AvgIpc) is 2.78. The molecule has 0 saturated carbocycles. The molecule has 1 spiro atoms. The molecule has 0 aliphatic carbocycles. The van der Waals surface area contributed by atoms with E-state index in [0.717, 1.165) is 13.1 Å². The van der Waals surface area contributed by atoms with Gasteiger partial charge in [0, 0.05) is 43.6 Å². The Morgan fingerprint density at radius 3 is 2.74 bits per heavy atom. The number of carbonyl (C=O) groups is 1. The Balaban J connectivity index is 1.75. The van der Waals surface area contributed by atoms with Crippen LogP contribution in [0.15, 0.2) is 24.5 Å². The first-order valence-corrected chi connectivity index (χ1v) is 8.25. The number of carbonyl (C=O) groups excluding carboxylic acids is 1. The lowest BCUT2D eigenvalue weighted by atomic mass is 10.0. The van der Waals surface area contributed by atoms with E-state index >= 15 is 0 Å². The molecule has 2 saturated heterocycles. The minimum absolute atomic E-state index is 0.0374. The van der Waals surface area contributed by atoms with E-state index in [1.54, 1.807) is 24.5 Å². The van der Waals surface area contributed by atoms with Crippen molar-refractivity contribution in [2.75, 3.05) is 46.0 Å². The maximum atomic E-state index is 12.7. The highest BCUT2D eigenvalue weighted by molar-refractivity contribution is 5.94. The van der Waals surface area contributed by atoms with Crippen molar-refractivity contribution in [3.63, 3.8) is 0 Å². The van der Waals surface area contributed by atoms with E-state index in [4.69, 9.17) is 9.47 Å². The van der Waals surface area contributed by atoms with Gasteiger partial charge in [-0.25, -0.2) is 0 Å². The van der Waals surface area contributed by atoms with E-state index in [2.05, 4.69) is 23.7 Å². The zero-order chi connectivity index (χ0) is 16.3. The van der Waals surface area contributed by atoms with Gasteiger partial charge in [-0.1, -0.05) is 0 Å². The SMILES string of the molecule is CC(C)N1CCOC[C@@]2(CN(C(=O)c3ccncc3)CCO2)C1. The molecule has 1 aromatic rings. The minimum Gasteiger partial charge on any atom is -0.377 e. The average molecular weight is 319 g/mol. The second kappa shape index (κ2) is 6.95. The van der Waals surface area contributed by atoms with E-state index in [9.17, 15) is 4.79 Å². The Morgan fingerprint density at radius 2 is 2.00 bits per heavy atom. The van der Waals surface area contributed by atoms with Crippen molar-refractivity contribution in [2.45, 2.75) is 25.5 Å². The molecule has 0 unspecified atom stereocenters. The molecule has 3 heterocycles. The van der Waals surface area contributed by atoms with Gasteiger partial charge in [-0.05, 0) is 26.0 Å². The summed E-state index contributed by atoms with van der Waals surface area (Å²) in [6.07, 6.45) is 3.30. The van der Waals surface area contributed by atoms with Gasteiger partial charge in [-0.15, -0.1) is 0 Å². The second-order valence-corrected chi connectivity index (χ2v) is 6.61. The Labute approximate surface area is 137 Å². The number of morpholine rings is 1. The maximum Gasteiger partial charge on any atom is 0.254 e. The van der Waals surface area contributed by atoms with Crippen LogP contribution in [0.2, 0.25) is 0 Å². The number of pyridine rings is 1. The molecule has 0 N–H and O–H groups in total. The highest BCUT2D eigenvalue weighted by Crippen LogP contribution is 2.24. The largest absolute Gasteiger partial charge is 0.377 e. The van der Waals surface area contributed by atoms with Gasteiger partial charge in [0.15, 0.2) is 0 Å². The van der Waals surface area contributed by atoms with Crippen LogP contribution in [-0.2, 0) is 9.47 Å².